The Morgan fingerprint density at radius 3 is 2.65 bits per heavy atom. The lowest BCUT2D eigenvalue weighted by atomic mass is 10.0. The molecule has 0 amide bonds. The lowest BCUT2D eigenvalue weighted by Crippen LogP contribution is -2.04. The van der Waals surface area contributed by atoms with E-state index >= 15 is 0 Å². The second-order valence-corrected chi connectivity index (χ2v) is 5.64. The van der Waals surface area contributed by atoms with Gasteiger partial charge >= 0.3 is 0 Å². The Labute approximate surface area is 130 Å². The monoisotopic (exact) mass is 358 g/mol. The SMILES string of the molecule is COc1ccc(C(O)Cc2ccc(Cl)cc2F)cc1Br. The molecule has 0 aliphatic carbocycles. The number of benzene rings is 2. The van der Waals surface area contributed by atoms with Crippen LogP contribution in [0.4, 0.5) is 4.39 Å². The van der Waals surface area contributed by atoms with Gasteiger partial charge < -0.3 is 9.84 Å². The van der Waals surface area contributed by atoms with E-state index in [4.69, 9.17) is 16.3 Å². The Morgan fingerprint density at radius 1 is 1.30 bits per heavy atom. The van der Waals surface area contributed by atoms with Gasteiger partial charge in [-0.15, -0.1) is 0 Å². The molecule has 5 heteroatoms. The molecule has 0 aliphatic rings. The van der Waals surface area contributed by atoms with Crippen molar-refractivity contribution in [3.8, 4) is 5.75 Å². The smallest absolute Gasteiger partial charge is 0.133 e. The molecule has 0 heterocycles. The fourth-order valence-corrected chi connectivity index (χ4v) is 2.62. The zero-order valence-electron chi connectivity index (χ0n) is 10.7. The van der Waals surface area contributed by atoms with Crippen LogP contribution in [0.15, 0.2) is 40.9 Å². The molecule has 2 aromatic rings. The Morgan fingerprint density at radius 2 is 2.05 bits per heavy atom. The maximum Gasteiger partial charge on any atom is 0.133 e. The summed E-state index contributed by atoms with van der Waals surface area (Å²) >= 11 is 9.06. The number of methoxy groups -OCH3 is 1. The highest BCUT2D eigenvalue weighted by Crippen LogP contribution is 2.29. The normalized spacial score (nSPS) is 12.2. The maximum absolute atomic E-state index is 13.7. The molecule has 2 aromatic carbocycles. The first kappa shape index (κ1) is 15.3. The molecule has 0 bridgehead atoms. The minimum Gasteiger partial charge on any atom is -0.496 e. The summed E-state index contributed by atoms with van der Waals surface area (Å²) < 4.78 is 19.6. The molecule has 0 spiro atoms. The number of hydrogen-bond acceptors (Lipinski definition) is 2. The Kier molecular flexibility index (Phi) is 5.02. The number of aliphatic hydroxyl groups is 1. The van der Waals surface area contributed by atoms with Gasteiger partial charge in [0.15, 0.2) is 0 Å². The van der Waals surface area contributed by atoms with Gasteiger partial charge in [-0.1, -0.05) is 23.7 Å². The summed E-state index contributed by atoms with van der Waals surface area (Å²) in [6, 6.07) is 9.70. The van der Waals surface area contributed by atoms with Crippen LogP contribution >= 0.6 is 27.5 Å². The van der Waals surface area contributed by atoms with Crippen LogP contribution in [0.25, 0.3) is 0 Å². The first-order valence-corrected chi connectivity index (χ1v) is 7.14. The molecule has 20 heavy (non-hydrogen) atoms. The highest BCUT2D eigenvalue weighted by molar-refractivity contribution is 9.10. The number of aliphatic hydroxyl groups excluding tert-OH is 1. The minimum absolute atomic E-state index is 0.182. The van der Waals surface area contributed by atoms with Gasteiger partial charge in [-0.25, -0.2) is 4.39 Å². The molecule has 0 saturated heterocycles. The largest absolute Gasteiger partial charge is 0.496 e. The molecule has 0 aliphatic heterocycles. The highest BCUT2D eigenvalue weighted by Gasteiger charge is 2.13. The van der Waals surface area contributed by atoms with Gasteiger partial charge in [0.1, 0.15) is 11.6 Å². The molecule has 1 atom stereocenters. The van der Waals surface area contributed by atoms with E-state index in [9.17, 15) is 9.50 Å². The van der Waals surface area contributed by atoms with Crippen molar-refractivity contribution in [1.29, 1.82) is 0 Å². The van der Waals surface area contributed by atoms with Gasteiger partial charge in [0.2, 0.25) is 0 Å². The van der Waals surface area contributed by atoms with Crippen molar-refractivity contribution in [3.05, 3.63) is 62.8 Å². The third-order valence-electron chi connectivity index (χ3n) is 2.99. The molecule has 0 fully saturated rings. The average molecular weight is 360 g/mol. The van der Waals surface area contributed by atoms with E-state index in [1.807, 2.05) is 0 Å². The van der Waals surface area contributed by atoms with Gasteiger partial charge in [-0.3, -0.25) is 0 Å². The van der Waals surface area contributed by atoms with Gasteiger partial charge in [-0.05, 0) is 51.3 Å². The lowest BCUT2D eigenvalue weighted by molar-refractivity contribution is 0.177. The standard InChI is InChI=1S/C15H13BrClFO2/c1-20-15-5-3-10(6-12(15)16)14(19)7-9-2-4-11(17)8-13(9)18/h2-6,8,14,19H,7H2,1H3. The fourth-order valence-electron chi connectivity index (χ4n) is 1.90. The van der Waals surface area contributed by atoms with Crippen molar-refractivity contribution >= 4 is 27.5 Å². The van der Waals surface area contributed by atoms with E-state index in [0.29, 0.717) is 21.9 Å². The summed E-state index contributed by atoms with van der Waals surface area (Å²) in [5.41, 5.74) is 1.11. The summed E-state index contributed by atoms with van der Waals surface area (Å²) in [5, 5.41) is 10.5. The topological polar surface area (TPSA) is 29.5 Å². The van der Waals surface area contributed by atoms with E-state index in [0.717, 1.165) is 4.47 Å². The van der Waals surface area contributed by atoms with Crippen molar-refractivity contribution in [3.63, 3.8) is 0 Å². The van der Waals surface area contributed by atoms with Gasteiger partial charge in [0.05, 0.1) is 17.7 Å². The van der Waals surface area contributed by atoms with Gasteiger partial charge in [0, 0.05) is 11.4 Å². The van der Waals surface area contributed by atoms with Crippen molar-refractivity contribution in [2.75, 3.05) is 7.11 Å². The van der Waals surface area contributed by atoms with Crippen LogP contribution < -0.4 is 4.74 Å². The Bertz CT molecular complexity index is 619. The number of hydrogen-bond donors (Lipinski definition) is 1. The van der Waals surface area contributed by atoms with Crippen molar-refractivity contribution in [2.45, 2.75) is 12.5 Å². The number of ether oxygens (including phenoxy) is 1. The van der Waals surface area contributed by atoms with Gasteiger partial charge in [0.25, 0.3) is 0 Å². The van der Waals surface area contributed by atoms with Crippen molar-refractivity contribution < 1.29 is 14.2 Å². The molecule has 0 radical (unpaired) electrons. The second-order valence-electron chi connectivity index (χ2n) is 4.35. The summed E-state index contributed by atoms with van der Waals surface area (Å²) in [4.78, 5) is 0. The van der Waals surface area contributed by atoms with Crippen LogP contribution in [-0.2, 0) is 6.42 Å². The minimum atomic E-state index is -0.798. The third kappa shape index (κ3) is 3.51. The quantitative estimate of drug-likeness (QED) is 0.869. The van der Waals surface area contributed by atoms with E-state index in [1.54, 1.807) is 37.4 Å². The zero-order chi connectivity index (χ0) is 14.7. The predicted octanol–water partition coefficient (Wildman–Crippen LogP) is 4.53. The molecule has 2 nitrogen and oxygen atoms in total. The summed E-state index contributed by atoms with van der Waals surface area (Å²) in [6.45, 7) is 0. The number of rotatable bonds is 4. The Hall–Kier alpha value is -1.10. The first-order valence-electron chi connectivity index (χ1n) is 5.96. The van der Waals surface area contributed by atoms with Crippen LogP contribution in [0.5, 0.6) is 5.75 Å². The molecule has 1 N–H and O–H groups in total. The second kappa shape index (κ2) is 6.57. The van der Waals surface area contributed by atoms with E-state index < -0.39 is 11.9 Å². The zero-order valence-corrected chi connectivity index (χ0v) is 13.1. The molecular weight excluding hydrogens is 347 g/mol. The van der Waals surface area contributed by atoms with Crippen molar-refractivity contribution in [1.82, 2.24) is 0 Å². The van der Waals surface area contributed by atoms with Crippen LogP contribution in [0.1, 0.15) is 17.2 Å². The van der Waals surface area contributed by atoms with Crippen LogP contribution in [-0.4, -0.2) is 12.2 Å². The van der Waals surface area contributed by atoms with Gasteiger partial charge in [-0.2, -0.15) is 0 Å². The molecule has 106 valence electrons. The Balaban J connectivity index is 2.19. The summed E-state index contributed by atoms with van der Waals surface area (Å²) in [5.74, 6) is 0.266. The molecule has 0 saturated carbocycles. The lowest BCUT2D eigenvalue weighted by Gasteiger charge is -2.13. The maximum atomic E-state index is 13.7. The third-order valence-corrected chi connectivity index (χ3v) is 3.84. The average Bonchev–Trinajstić information content (AvgIpc) is 2.41. The van der Waals surface area contributed by atoms with E-state index in [2.05, 4.69) is 15.9 Å². The van der Waals surface area contributed by atoms with Crippen molar-refractivity contribution in [2.24, 2.45) is 0 Å². The molecule has 2 rings (SSSR count). The molecular formula is C15H13BrClFO2. The van der Waals surface area contributed by atoms with Crippen LogP contribution in [0.2, 0.25) is 5.02 Å². The molecule has 0 aromatic heterocycles. The number of halogens is 3. The predicted molar refractivity (Wildman–Crippen MR) is 80.8 cm³/mol. The van der Waals surface area contributed by atoms with Crippen LogP contribution in [0, 0.1) is 5.82 Å². The molecule has 1 unspecified atom stereocenters. The summed E-state index contributed by atoms with van der Waals surface area (Å²) in [7, 11) is 1.57. The van der Waals surface area contributed by atoms with E-state index in [-0.39, 0.29) is 6.42 Å². The van der Waals surface area contributed by atoms with Crippen LogP contribution in [0.3, 0.4) is 0 Å². The highest BCUT2D eigenvalue weighted by atomic mass is 79.9. The van der Waals surface area contributed by atoms with E-state index in [1.165, 1.54) is 6.07 Å². The summed E-state index contributed by atoms with van der Waals surface area (Å²) in [6.07, 6.45) is -0.616. The first-order chi connectivity index (χ1) is 9.51. The fraction of sp³-hybridized carbons (Fsp3) is 0.200.